The molecule has 126 valence electrons. The van der Waals surface area contributed by atoms with Crippen LogP contribution >= 0.6 is 0 Å². The number of fused-ring (bicyclic) bond motifs is 3. The maximum absolute atomic E-state index is 12.7. The molecule has 2 aromatic heterocycles. The Kier molecular flexibility index (Phi) is 3.68. The molecule has 1 aliphatic rings. The summed E-state index contributed by atoms with van der Waals surface area (Å²) in [5.74, 6) is -1.53. The summed E-state index contributed by atoms with van der Waals surface area (Å²) in [5, 5.41) is 2.73. The van der Waals surface area contributed by atoms with E-state index in [1.165, 1.54) is 0 Å². The highest BCUT2D eigenvalue weighted by molar-refractivity contribution is 6.07. The van der Waals surface area contributed by atoms with E-state index in [0.717, 1.165) is 16.6 Å². The van der Waals surface area contributed by atoms with Crippen molar-refractivity contribution in [3.63, 3.8) is 0 Å². The van der Waals surface area contributed by atoms with Crippen LogP contribution in [-0.4, -0.2) is 33.0 Å². The van der Waals surface area contributed by atoms with Gasteiger partial charge in [-0.15, -0.1) is 0 Å². The van der Waals surface area contributed by atoms with Crippen molar-refractivity contribution in [1.29, 1.82) is 0 Å². The van der Waals surface area contributed by atoms with Crippen LogP contribution in [0.2, 0.25) is 0 Å². The Morgan fingerprint density at radius 1 is 1.24 bits per heavy atom. The van der Waals surface area contributed by atoms with Crippen LogP contribution in [0, 0.1) is 5.92 Å². The number of aromatic nitrogens is 3. The molecule has 1 N–H and O–H groups in total. The molecule has 0 radical (unpaired) electrons. The van der Waals surface area contributed by atoms with Gasteiger partial charge in [0, 0.05) is 12.4 Å². The smallest absolute Gasteiger partial charge is 0.321 e. The summed E-state index contributed by atoms with van der Waals surface area (Å²) in [6, 6.07) is 10.6. The number of hydrogen-bond acceptors (Lipinski definition) is 5. The topological polar surface area (TPSA) is 86.1 Å². The number of ether oxygens (including phenoxy) is 1. The number of benzene rings is 1. The fraction of sp³-hybridized carbons (Fsp3) is 0.222. The van der Waals surface area contributed by atoms with Crippen molar-refractivity contribution in [3.05, 3.63) is 54.4 Å². The maximum atomic E-state index is 12.7. The van der Waals surface area contributed by atoms with E-state index in [2.05, 4.69) is 15.3 Å². The molecule has 0 saturated heterocycles. The molecule has 2 atom stereocenters. The molecule has 7 nitrogen and oxygen atoms in total. The van der Waals surface area contributed by atoms with E-state index >= 15 is 0 Å². The van der Waals surface area contributed by atoms with Crippen molar-refractivity contribution in [2.75, 3.05) is 11.9 Å². The summed E-state index contributed by atoms with van der Waals surface area (Å²) < 4.78 is 7.04. The quantitative estimate of drug-likeness (QED) is 0.585. The number of pyridine rings is 1. The molecular weight excluding hydrogens is 320 g/mol. The van der Waals surface area contributed by atoms with Crippen molar-refractivity contribution in [2.24, 2.45) is 5.92 Å². The minimum Gasteiger partial charge on any atom is -0.465 e. The number of hydrogen-bond donors (Lipinski definition) is 1. The van der Waals surface area contributed by atoms with Crippen LogP contribution < -0.4 is 5.32 Å². The lowest BCUT2D eigenvalue weighted by molar-refractivity contribution is -0.152. The van der Waals surface area contributed by atoms with Gasteiger partial charge in [0.25, 0.3) is 0 Å². The zero-order valence-corrected chi connectivity index (χ0v) is 13.5. The van der Waals surface area contributed by atoms with Gasteiger partial charge in [0.15, 0.2) is 5.92 Å². The van der Waals surface area contributed by atoms with Crippen LogP contribution in [0.3, 0.4) is 0 Å². The predicted molar refractivity (Wildman–Crippen MR) is 90.9 cm³/mol. The zero-order valence-electron chi connectivity index (χ0n) is 13.5. The lowest BCUT2D eigenvalue weighted by Crippen LogP contribution is -2.43. The number of rotatable bonds is 3. The number of nitrogens with one attached hydrogen (secondary N) is 1. The second kappa shape index (κ2) is 6.01. The Morgan fingerprint density at radius 2 is 2.00 bits per heavy atom. The van der Waals surface area contributed by atoms with Gasteiger partial charge in [-0.05, 0) is 36.8 Å². The van der Waals surface area contributed by atoms with Crippen molar-refractivity contribution < 1.29 is 14.3 Å². The van der Waals surface area contributed by atoms with Gasteiger partial charge in [-0.2, -0.15) is 0 Å². The number of imidazole rings is 1. The average Bonchev–Trinajstić information content (AvgIpc) is 2.99. The second-order valence-electron chi connectivity index (χ2n) is 5.74. The molecule has 1 aliphatic heterocycles. The van der Waals surface area contributed by atoms with Crippen LogP contribution in [0.25, 0.3) is 11.0 Å². The van der Waals surface area contributed by atoms with Gasteiger partial charge in [0.1, 0.15) is 0 Å². The molecule has 0 bridgehead atoms. The Morgan fingerprint density at radius 3 is 2.76 bits per heavy atom. The fourth-order valence-corrected chi connectivity index (χ4v) is 3.26. The lowest BCUT2D eigenvalue weighted by Gasteiger charge is -2.32. The van der Waals surface area contributed by atoms with E-state index in [-0.39, 0.29) is 6.61 Å². The Hall–Kier alpha value is -3.22. The van der Waals surface area contributed by atoms with Gasteiger partial charge in [0.2, 0.25) is 11.9 Å². The highest BCUT2D eigenvalue weighted by Gasteiger charge is 2.44. The number of carbonyl (C=O) groups is 2. The van der Waals surface area contributed by atoms with Crippen LogP contribution in [-0.2, 0) is 14.3 Å². The van der Waals surface area contributed by atoms with Gasteiger partial charge in [0.05, 0.1) is 23.7 Å². The minimum absolute atomic E-state index is 0.212. The third-order valence-corrected chi connectivity index (χ3v) is 4.30. The molecule has 0 aliphatic carbocycles. The fourth-order valence-electron chi connectivity index (χ4n) is 3.26. The van der Waals surface area contributed by atoms with Gasteiger partial charge in [-0.1, -0.05) is 12.1 Å². The molecule has 25 heavy (non-hydrogen) atoms. The van der Waals surface area contributed by atoms with Crippen LogP contribution in [0.5, 0.6) is 0 Å². The third kappa shape index (κ3) is 2.44. The highest BCUT2D eigenvalue weighted by Crippen LogP contribution is 2.38. The number of carbonyl (C=O) groups excluding carboxylic acids is 2. The van der Waals surface area contributed by atoms with Gasteiger partial charge in [-0.25, -0.2) is 4.98 Å². The Balaban J connectivity index is 1.96. The standard InChI is InChI=1S/C18H16N4O3/c1-2-25-17(24)14-15(11-7-9-19-10-8-11)22-13-6-4-3-5-12(13)20-18(22)21-16(14)23/h3-10,14-15H,2H2,1H3,(H,20,21,23)/t14-,15-/m1/s1. The van der Waals surface area contributed by atoms with Gasteiger partial charge >= 0.3 is 5.97 Å². The van der Waals surface area contributed by atoms with E-state index < -0.39 is 23.8 Å². The number of para-hydroxylation sites is 2. The molecule has 1 aromatic carbocycles. The highest BCUT2D eigenvalue weighted by atomic mass is 16.5. The summed E-state index contributed by atoms with van der Waals surface area (Å²) in [7, 11) is 0. The molecule has 4 rings (SSSR count). The van der Waals surface area contributed by atoms with E-state index in [0.29, 0.717) is 5.95 Å². The normalized spacial score (nSPS) is 19.3. The summed E-state index contributed by atoms with van der Waals surface area (Å²) in [6.07, 6.45) is 3.28. The molecule has 0 spiro atoms. The molecule has 0 saturated carbocycles. The summed E-state index contributed by atoms with van der Waals surface area (Å²) in [5.41, 5.74) is 2.39. The van der Waals surface area contributed by atoms with Crippen LogP contribution in [0.4, 0.5) is 5.95 Å². The first-order valence-electron chi connectivity index (χ1n) is 8.05. The third-order valence-electron chi connectivity index (χ3n) is 4.30. The van der Waals surface area contributed by atoms with E-state index in [1.54, 1.807) is 31.5 Å². The summed E-state index contributed by atoms with van der Waals surface area (Å²) in [4.78, 5) is 33.7. The summed E-state index contributed by atoms with van der Waals surface area (Å²) in [6.45, 7) is 1.93. The van der Waals surface area contributed by atoms with Crippen molar-refractivity contribution in [3.8, 4) is 0 Å². The lowest BCUT2D eigenvalue weighted by atomic mass is 9.91. The second-order valence-corrected chi connectivity index (χ2v) is 5.74. The van der Waals surface area contributed by atoms with E-state index in [1.807, 2.05) is 28.8 Å². The molecule has 3 heterocycles. The first kappa shape index (κ1) is 15.3. The van der Waals surface area contributed by atoms with Crippen molar-refractivity contribution in [2.45, 2.75) is 13.0 Å². The average molecular weight is 336 g/mol. The zero-order chi connectivity index (χ0) is 17.4. The molecule has 0 unspecified atom stereocenters. The van der Waals surface area contributed by atoms with Gasteiger partial charge < -0.3 is 9.30 Å². The number of anilines is 1. The van der Waals surface area contributed by atoms with E-state index in [4.69, 9.17) is 4.74 Å². The molecule has 1 amide bonds. The number of nitrogens with zero attached hydrogens (tertiary/aromatic N) is 3. The molecular formula is C18H16N4O3. The van der Waals surface area contributed by atoms with Crippen LogP contribution in [0.1, 0.15) is 18.5 Å². The monoisotopic (exact) mass is 336 g/mol. The van der Waals surface area contributed by atoms with Crippen LogP contribution in [0.15, 0.2) is 48.8 Å². The Labute approximate surface area is 143 Å². The minimum atomic E-state index is -0.993. The first-order valence-corrected chi connectivity index (χ1v) is 8.05. The van der Waals surface area contributed by atoms with E-state index in [9.17, 15) is 9.59 Å². The Bertz CT molecular complexity index is 951. The maximum Gasteiger partial charge on any atom is 0.321 e. The van der Waals surface area contributed by atoms with Crippen molar-refractivity contribution in [1.82, 2.24) is 14.5 Å². The number of amides is 1. The van der Waals surface area contributed by atoms with Gasteiger partial charge in [-0.3, -0.25) is 19.9 Å². The van der Waals surface area contributed by atoms with Crippen molar-refractivity contribution >= 4 is 28.9 Å². The first-order chi connectivity index (χ1) is 12.2. The summed E-state index contributed by atoms with van der Waals surface area (Å²) >= 11 is 0. The SMILES string of the molecule is CCOC(=O)[C@H]1C(=O)Nc2nc3ccccc3n2[C@@H]1c1ccncc1. The molecule has 7 heteroatoms. The predicted octanol–water partition coefficient (Wildman–Crippen LogP) is 2.15. The number of esters is 1. The molecule has 0 fully saturated rings. The largest absolute Gasteiger partial charge is 0.465 e. The molecule has 3 aromatic rings.